The van der Waals surface area contributed by atoms with Gasteiger partial charge in [-0.15, -0.1) is 0 Å². The molecule has 0 spiro atoms. The molecule has 41 heavy (non-hydrogen) atoms. The van der Waals surface area contributed by atoms with Gasteiger partial charge < -0.3 is 15.8 Å². The molecule has 3 aromatic rings. The van der Waals surface area contributed by atoms with Crippen molar-refractivity contribution in [2.24, 2.45) is 11.7 Å². The van der Waals surface area contributed by atoms with E-state index in [0.29, 0.717) is 24.2 Å². The monoisotopic (exact) mass is 586 g/mol. The van der Waals surface area contributed by atoms with Gasteiger partial charge in [-0.25, -0.2) is 9.37 Å². The van der Waals surface area contributed by atoms with Crippen LogP contribution in [-0.2, 0) is 6.42 Å². The maximum Gasteiger partial charge on any atom is 0.418 e. The highest BCUT2D eigenvalue weighted by atomic mass is 35.5. The number of nitrogens with zero attached hydrogens (tertiary/aromatic N) is 2. The Bertz CT molecular complexity index is 1680. The summed E-state index contributed by atoms with van der Waals surface area (Å²) in [7, 11) is 1.41. The molecule has 2 amide bonds. The van der Waals surface area contributed by atoms with Crippen molar-refractivity contribution in [3.05, 3.63) is 92.5 Å². The van der Waals surface area contributed by atoms with E-state index in [2.05, 4.69) is 10.3 Å². The molecule has 1 aliphatic carbocycles. The summed E-state index contributed by atoms with van der Waals surface area (Å²) >= 11 is 5.90. The summed E-state index contributed by atoms with van der Waals surface area (Å²) in [6, 6.07) is 9.98. The van der Waals surface area contributed by atoms with Crippen LogP contribution < -0.4 is 15.8 Å². The number of nitrogens with two attached hydrogens (primary N) is 1. The van der Waals surface area contributed by atoms with Crippen LogP contribution in [0.4, 0.5) is 17.6 Å². The number of amides is 2. The predicted octanol–water partition coefficient (Wildman–Crippen LogP) is 6.15. The quantitative estimate of drug-likeness (QED) is 0.336. The van der Waals surface area contributed by atoms with E-state index in [-0.39, 0.29) is 39.2 Å². The number of carbonyl (C=O) groups excluding carboxylic acids is 2. The van der Waals surface area contributed by atoms with Crippen molar-refractivity contribution in [1.29, 1.82) is 5.26 Å². The van der Waals surface area contributed by atoms with Gasteiger partial charge >= 0.3 is 6.18 Å². The van der Waals surface area contributed by atoms with Crippen molar-refractivity contribution in [2.45, 2.75) is 32.4 Å². The van der Waals surface area contributed by atoms with E-state index in [0.717, 1.165) is 29.8 Å². The van der Waals surface area contributed by atoms with Gasteiger partial charge in [-0.3, -0.25) is 9.59 Å². The van der Waals surface area contributed by atoms with Crippen LogP contribution in [0, 0.1) is 23.1 Å². The number of fused-ring (bicyclic) bond motifs is 1. The Labute approximate surface area is 237 Å². The highest BCUT2D eigenvalue weighted by Crippen LogP contribution is 2.39. The molecular formula is C29H23ClF4N4O3. The molecule has 0 bridgehead atoms. The van der Waals surface area contributed by atoms with Crippen molar-refractivity contribution >= 4 is 34.3 Å². The number of methoxy groups -OCH3 is 1. The van der Waals surface area contributed by atoms with Crippen LogP contribution in [0.2, 0.25) is 5.02 Å². The Morgan fingerprint density at radius 2 is 1.98 bits per heavy atom. The van der Waals surface area contributed by atoms with E-state index >= 15 is 0 Å². The lowest BCUT2D eigenvalue weighted by molar-refractivity contribution is -0.0900. The van der Waals surface area contributed by atoms with Crippen LogP contribution in [0.1, 0.15) is 51.7 Å². The third-order valence-corrected chi connectivity index (χ3v) is 7.19. The van der Waals surface area contributed by atoms with Crippen LogP contribution in [-0.4, -0.2) is 30.1 Å². The summed E-state index contributed by atoms with van der Waals surface area (Å²) in [6.07, 6.45) is -3.01. The van der Waals surface area contributed by atoms with Gasteiger partial charge in [0.15, 0.2) is 0 Å². The number of allylic oxidation sites excluding steroid dienone is 3. The molecule has 0 saturated carbocycles. The first-order valence-corrected chi connectivity index (χ1v) is 12.7. The molecule has 0 fully saturated rings. The van der Waals surface area contributed by atoms with E-state index in [4.69, 9.17) is 22.1 Å². The second-order valence-electron chi connectivity index (χ2n) is 9.46. The molecule has 0 saturated heterocycles. The van der Waals surface area contributed by atoms with Gasteiger partial charge in [0.1, 0.15) is 23.3 Å². The van der Waals surface area contributed by atoms with Gasteiger partial charge in [-0.1, -0.05) is 23.7 Å². The average molecular weight is 587 g/mol. The van der Waals surface area contributed by atoms with Crippen molar-refractivity contribution in [2.75, 3.05) is 7.11 Å². The molecule has 0 unspecified atom stereocenters. The van der Waals surface area contributed by atoms with Crippen LogP contribution in [0.25, 0.3) is 10.9 Å². The van der Waals surface area contributed by atoms with Crippen LogP contribution in [0.3, 0.4) is 0 Å². The highest BCUT2D eigenvalue weighted by Gasteiger charge is 2.39. The fourth-order valence-electron chi connectivity index (χ4n) is 4.80. The highest BCUT2D eigenvalue weighted by molar-refractivity contribution is 6.31. The number of nitrogens with one attached hydrogen (secondary N) is 1. The number of aromatic nitrogens is 1. The SMILES string of the molecule is COc1cc(C[C@@H]2CCC=C(C(F)(F)F)C(NC(=O)c3cc(C(N)=O)nc4cc(F)c(Cl)cc34)=C2C)ccc1C#N. The number of pyridine rings is 1. The van der Waals surface area contributed by atoms with Gasteiger partial charge in [0.25, 0.3) is 11.8 Å². The largest absolute Gasteiger partial charge is 0.495 e. The maximum atomic E-state index is 14.2. The van der Waals surface area contributed by atoms with E-state index in [9.17, 15) is 32.4 Å². The molecule has 1 aromatic heterocycles. The Balaban J connectivity index is 1.80. The zero-order chi connectivity index (χ0) is 30.1. The van der Waals surface area contributed by atoms with Gasteiger partial charge in [0, 0.05) is 11.5 Å². The first-order chi connectivity index (χ1) is 19.3. The molecular weight excluding hydrogens is 564 g/mol. The molecule has 0 radical (unpaired) electrons. The van der Waals surface area contributed by atoms with Gasteiger partial charge in [-0.2, -0.15) is 18.4 Å². The number of hydrogen-bond acceptors (Lipinski definition) is 5. The minimum absolute atomic E-state index is 0.0181. The third-order valence-electron chi connectivity index (χ3n) is 6.90. The van der Waals surface area contributed by atoms with Crippen LogP contribution in [0.5, 0.6) is 5.75 Å². The Morgan fingerprint density at radius 1 is 1.24 bits per heavy atom. The van der Waals surface area contributed by atoms with E-state index in [1.807, 2.05) is 6.07 Å². The Kier molecular flexibility index (Phi) is 8.35. The molecule has 4 rings (SSSR count). The minimum Gasteiger partial charge on any atom is -0.495 e. The molecule has 1 aliphatic rings. The fraction of sp³-hybridized carbons (Fsp3) is 0.241. The van der Waals surface area contributed by atoms with Gasteiger partial charge in [-0.05, 0) is 67.5 Å². The third kappa shape index (κ3) is 6.18. The summed E-state index contributed by atoms with van der Waals surface area (Å²) in [5, 5.41) is 11.3. The Hall–Kier alpha value is -4.43. The molecule has 1 atom stereocenters. The second kappa shape index (κ2) is 11.6. The molecule has 1 heterocycles. The molecule has 0 aliphatic heterocycles. The topological polar surface area (TPSA) is 118 Å². The number of rotatable bonds is 6. The summed E-state index contributed by atoms with van der Waals surface area (Å²) in [6.45, 7) is 1.51. The molecule has 2 aromatic carbocycles. The minimum atomic E-state index is -4.79. The molecule has 212 valence electrons. The Morgan fingerprint density at radius 3 is 2.61 bits per heavy atom. The maximum absolute atomic E-state index is 14.2. The lowest BCUT2D eigenvalue weighted by Gasteiger charge is -2.23. The van der Waals surface area contributed by atoms with E-state index in [1.54, 1.807) is 18.2 Å². The summed E-state index contributed by atoms with van der Waals surface area (Å²) in [5.41, 5.74) is 4.45. The second-order valence-corrected chi connectivity index (χ2v) is 9.86. The summed E-state index contributed by atoms with van der Waals surface area (Å²) < 4.78 is 62.1. The lowest BCUT2D eigenvalue weighted by Crippen LogP contribution is -2.30. The number of alkyl halides is 3. The zero-order valence-corrected chi connectivity index (χ0v) is 22.6. The first kappa shape index (κ1) is 29.6. The summed E-state index contributed by atoms with van der Waals surface area (Å²) in [4.78, 5) is 29.4. The number of nitriles is 1. The average Bonchev–Trinajstić information content (AvgIpc) is 3.07. The van der Waals surface area contributed by atoms with Crippen LogP contribution in [0.15, 0.2) is 59.3 Å². The van der Waals surface area contributed by atoms with Crippen molar-refractivity contribution in [3.8, 4) is 11.8 Å². The molecule has 7 nitrogen and oxygen atoms in total. The molecule has 12 heteroatoms. The number of hydrogen-bond donors (Lipinski definition) is 2. The number of primary amides is 1. The normalized spacial score (nSPS) is 15.7. The number of carbonyl (C=O) groups is 2. The number of ether oxygens (including phenoxy) is 1. The van der Waals surface area contributed by atoms with Crippen molar-refractivity contribution in [3.63, 3.8) is 0 Å². The van der Waals surface area contributed by atoms with E-state index in [1.165, 1.54) is 14.0 Å². The fourth-order valence-corrected chi connectivity index (χ4v) is 4.96. The predicted molar refractivity (Wildman–Crippen MR) is 144 cm³/mol. The van der Waals surface area contributed by atoms with Gasteiger partial charge in [0.2, 0.25) is 0 Å². The number of halogens is 5. The van der Waals surface area contributed by atoms with E-state index < -0.39 is 41.0 Å². The molecule has 3 N–H and O–H groups in total. The number of benzene rings is 2. The first-order valence-electron chi connectivity index (χ1n) is 12.3. The smallest absolute Gasteiger partial charge is 0.418 e. The van der Waals surface area contributed by atoms with Crippen molar-refractivity contribution < 1.29 is 31.9 Å². The van der Waals surface area contributed by atoms with Crippen molar-refractivity contribution in [1.82, 2.24) is 10.3 Å². The standard InChI is InChI=1S/C29H23ClF4N4O3/c1-14-16(8-15-6-7-17(13-35)25(9-15)41-2)4-3-5-20(29(32,33)34)26(14)38-28(40)19-11-24(27(36)39)37-23-12-22(31)21(30)10-18(19)23/h5-7,9-12,16H,3-4,8H2,1-2H3,(H2,36,39)(H,38,40)/t16-/m0/s1. The lowest BCUT2D eigenvalue weighted by atomic mass is 9.88. The summed E-state index contributed by atoms with van der Waals surface area (Å²) in [5.74, 6) is -2.96. The van der Waals surface area contributed by atoms with Crippen LogP contribution >= 0.6 is 11.6 Å². The van der Waals surface area contributed by atoms with Gasteiger partial charge in [0.05, 0.1) is 40.0 Å². The zero-order valence-electron chi connectivity index (χ0n) is 21.8.